The maximum Gasteiger partial charge on any atom is 0.254 e. The molecular weight excluding hydrogens is 245 g/mol. The summed E-state index contributed by atoms with van der Waals surface area (Å²) in [5.74, 6) is -0.00438. The SMILES string of the molecule is C[C@H](CCc1ccco1)NC(=O)c1ccccc1F. The van der Waals surface area contributed by atoms with Crippen molar-refractivity contribution in [3.63, 3.8) is 0 Å². The van der Waals surface area contributed by atoms with Gasteiger partial charge in [0.25, 0.3) is 5.91 Å². The first-order valence-corrected chi connectivity index (χ1v) is 6.24. The Bertz CT molecular complexity index is 537. The lowest BCUT2D eigenvalue weighted by molar-refractivity contribution is 0.0934. The first-order chi connectivity index (χ1) is 9.16. The van der Waals surface area contributed by atoms with Gasteiger partial charge in [-0.25, -0.2) is 4.39 Å². The average molecular weight is 261 g/mol. The van der Waals surface area contributed by atoms with Gasteiger partial charge in [-0.3, -0.25) is 4.79 Å². The topological polar surface area (TPSA) is 42.2 Å². The molecule has 0 radical (unpaired) electrons. The van der Waals surface area contributed by atoms with E-state index in [1.807, 2.05) is 19.1 Å². The van der Waals surface area contributed by atoms with E-state index in [0.29, 0.717) is 0 Å². The highest BCUT2D eigenvalue weighted by molar-refractivity contribution is 5.94. The number of aryl methyl sites for hydroxylation is 1. The van der Waals surface area contributed by atoms with E-state index < -0.39 is 5.82 Å². The zero-order valence-corrected chi connectivity index (χ0v) is 10.7. The number of benzene rings is 1. The molecule has 2 rings (SSSR count). The van der Waals surface area contributed by atoms with Crippen LogP contribution < -0.4 is 5.32 Å². The fraction of sp³-hybridized carbons (Fsp3) is 0.267. The highest BCUT2D eigenvalue weighted by atomic mass is 19.1. The fourth-order valence-electron chi connectivity index (χ4n) is 1.83. The van der Waals surface area contributed by atoms with Crippen LogP contribution in [0.1, 0.15) is 29.5 Å². The van der Waals surface area contributed by atoms with E-state index in [2.05, 4.69) is 5.32 Å². The van der Waals surface area contributed by atoms with E-state index in [1.54, 1.807) is 18.4 Å². The molecular formula is C15H16FNO2. The lowest BCUT2D eigenvalue weighted by Crippen LogP contribution is -2.33. The number of carbonyl (C=O) groups is 1. The molecule has 0 aliphatic heterocycles. The van der Waals surface area contributed by atoms with Crippen molar-refractivity contribution in [2.24, 2.45) is 0 Å². The van der Waals surface area contributed by atoms with Crippen LogP contribution in [-0.2, 0) is 6.42 Å². The zero-order chi connectivity index (χ0) is 13.7. The molecule has 0 aliphatic carbocycles. The van der Waals surface area contributed by atoms with Crippen LogP contribution in [0.25, 0.3) is 0 Å². The second-order valence-electron chi connectivity index (χ2n) is 4.47. The van der Waals surface area contributed by atoms with Crippen LogP contribution in [0.5, 0.6) is 0 Å². The maximum atomic E-state index is 13.4. The van der Waals surface area contributed by atoms with Crippen LogP contribution in [0, 0.1) is 5.82 Å². The molecule has 0 aliphatic rings. The normalized spacial score (nSPS) is 12.1. The summed E-state index contributed by atoms with van der Waals surface area (Å²) < 4.78 is 18.6. The van der Waals surface area contributed by atoms with Gasteiger partial charge in [0.1, 0.15) is 11.6 Å². The van der Waals surface area contributed by atoms with Crippen LogP contribution >= 0.6 is 0 Å². The van der Waals surface area contributed by atoms with Crippen LogP contribution in [0.15, 0.2) is 47.1 Å². The number of hydrogen-bond acceptors (Lipinski definition) is 2. The largest absolute Gasteiger partial charge is 0.469 e. The second kappa shape index (κ2) is 6.18. The predicted octanol–water partition coefficient (Wildman–Crippen LogP) is 3.17. The highest BCUT2D eigenvalue weighted by Gasteiger charge is 2.13. The van der Waals surface area contributed by atoms with Crippen molar-refractivity contribution in [2.75, 3.05) is 0 Å². The first-order valence-electron chi connectivity index (χ1n) is 6.24. The minimum atomic E-state index is -0.502. The van der Waals surface area contributed by atoms with Crippen LogP contribution in [0.4, 0.5) is 4.39 Å². The second-order valence-corrected chi connectivity index (χ2v) is 4.47. The summed E-state index contributed by atoms with van der Waals surface area (Å²) in [6.45, 7) is 1.89. The van der Waals surface area contributed by atoms with Gasteiger partial charge in [-0.1, -0.05) is 12.1 Å². The van der Waals surface area contributed by atoms with Gasteiger partial charge < -0.3 is 9.73 Å². The van der Waals surface area contributed by atoms with Crippen LogP contribution in [-0.4, -0.2) is 11.9 Å². The van der Waals surface area contributed by atoms with Gasteiger partial charge in [-0.2, -0.15) is 0 Å². The number of nitrogens with one attached hydrogen (secondary N) is 1. The number of hydrogen-bond donors (Lipinski definition) is 1. The Kier molecular flexibility index (Phi) is 4.34. The quantitative estimate of drug-likeness (QED) is 0.898. The number of halogens is 1. The van der Waals surface area contributed by atoms with Crippen molar-refractivity contribution < 1.29 is 13.6 Å². The summed E-state index contributed by atoms with van der Waals surface area (Å²) in [5.41, 5.74) is 0.0762. The monoisotopic (exact) mass is 261 g/mol. The third kappa shape index (κ3) is 3.68. The molecule has 0 fully saturated rings. The molecule has 1 amide bonds. The smallest absolute Gasteiger partial charge is 0.254 e. The van der Waals surface area contributed by atoms with Crippen LogP contribution in [0.3, 0.4) is 0 Å². The van der Waals surface area contributed by atoms with Gasteiger partial charge >= 0.3 is 0 Å². The van der Waals surface area contributed by atoms with Crippen molar-refractivity contribution in [1.82, 2.24) is 5.32 Å². The van der Waals surface area contributed by atoms with E-state index in [1.165, 1.54) is 12.1 Å². The maximum absolute atomic E-state index is 13.4. The summed E-state index contributed by atoms with van der Waals surface area (Å²) in [5, 5.41) is 2.78. The number of rotatable bonds is 5. The van der Waals surface area contributed by atoms with E-state index in [9.17, 15) is 9.18 Å². The minimum absolute atomic E-state index is 0.0443. The van der Waals surface area contributed by atoms with E-state index in [4.69, 9.17) is 4.42 Å². The molecule has 0 saturated carbocycles. The zero-order valence-electron chi connectivity index (χ0n) is 10.7. The van der Waals surface area contributed by atoms with Gasteiger partial charge in [0.15, 0.2) is 0 Å². The van der Waals surface area contributed by atoms with Gasteiger partial charge in [0, 0.05) is 12.5 Å². The lowest BCUT2D eigenvalue weighted by Gasteiger charge is -2.13. The molecule has 0 bridgehead atoms. The summed E-state index contributed by atoms with van der Waals surface area (Å²) in [4.78, 5) is 11.9. The Morgan fingerprint density at radius 1 is 1.32 bits per heavy atom. The molecule has 1 heterocycles. The Hall–Kier alpha value is -2.10. The van der Waals surface area contributed by atoms with Crippen molar-refractivity contribution in [3.8, 4) is 0 Å². The molecule has 0 saturated heterocycles. The highest BCUT2D eigenvalue weighted by Crippen LogP contribution is 2.09. The van der Waals surface area contributed by atoms with E-state index in [-0.39, 0.29) is 17.5 Å². The molecule has 100 valence electrons. The number of amides is 1. The van der Waals surface area contributed by atoms with Crippen molar-refractivity contribution in [1.29, 1.82) is 0 Å². The number of furan rings is 1. The molecule has 1 N–H and O–H groups in total. The van der Waals surface area contributed by atoms with Crippen molar-refractivity contribution in [3.05, 3.63) is 59.8 Å². The fourth-order valence-corrected chi connectivity index (χ4v) is 1.83. The predicted molar refractivity (Wildman–Crippen MR) is 70.4 cm³/mol. The minimum Gasteiger partial charge on any atom is -0.469 e. The van der Waals surface area contributed by atoms with Gasteiger partial charge in [-0.05, 0) is 37.6 Å². The third-order valence-electron chi connectivity index (χ3n) is 2.90. The molecule has 19 heavy (non-hydrogen) atoms. The Morgan fingerprint density at radius 2 is 2.11 bits per heavy atom. The van der Waals surface area contributed by atoms with E-state index >= 15 is 0 Å². The summed E-state index contributed by atoms with van der Waals surface area (Å²) >= 11 is 0. The van der Waals surface area contributed by atoms with Gasteiger partial charge in [0.05, 0.1) is 11.8 Å². The Labute approximate surface area is 111 Å². The standard InChI is InChI=1S/C15H16FNO2/c1-11(8-9-12-5-4-10-19-12)17-15(18)13-6-2-3-7-14(13)16/h2-7,10-11H,8-9H2,1H3,(H,17,18)/t11-/m1/s1. The summed E-state index contributed by atoms with van der Waals surface area (Å²) in [6, 6.07) is 9.64. The average Bonchev–Trinajstić information content (AvgIpc) is 2.90. The summed E-state index contributed by atoms with van der Waals surface area (Å²) in [7, 11) is 0. The molecule has 4 heteroatoms. The molecule has 1 aromatic carbocycles. The molecule has 0 spiro atoms. The van der Waals surface area contributed by atoms with E-state index in [0.717, 1.165) is 18.6 Å². The number of carbonyl (C=O) groups excluding carboxylic acids is 1. The molecule has 3 nitrogen and oxygen atoms in total. The first kappa shape index (κ1) is 13.3. The third-order valence-corrected chi connectivity index (χ3v) is 2.90. The van der Waals surface area contributed by atoms with Crippen LogP contribution in [0.2, 0.25) is 0 Å². The van der Waals surface area contributed by atoms with Crippen molar-refractivity contribution in [2.45, 2.75) is 25.8 Å². The Balaban J connectivity index is 1.87. The molecule has 2 aromatic rings. The van der Waals surface area contributed by atoms with Crippen molar-refractivity contribution >= 4 is 5.91 Å². The summed E-state index contributed by atoms with van der Waals surface area (Å²) in [6.07, 6.45) is 3.11. The lowest BCUT2D eigenvalue weighted by atomic mass is 10.1. The van der Waals surface area contributed by atoms with Gasteiger partial charge in [0.2, 0.25) is 0 Å². The Morgan fingerprint density at radius 3 is 2.79 bits per heavy atom. The van der Waals surface area contributed by atoms with Gasteiger partial charge in [-0.15, -0.1) is 0 Å². The molecule has 0 unspecified atom stereocenters. The molecule has 1 atom stereocenters. The molecule has 1 aromatic heterocycles.